The van der Waals surface area contributed by atoms with Gasteiger partial charge in [-0.15, -0.1) is 0 Å². The second-order valence-electron chi connectivity index (χ2n) is 4.38. The molecule has 8 nitrogen and oxygen atoms in total. The Kier molecular flexibility index (Phi) is 2.69. The summed E-state index contributed by atoms with van der Waals surface area (Å²) in [5.74, 6) is 1.05. The topological polar surface area (TPSA) is 117 Å². The summed E-state index contributed by atoms with van der Waals surface area (Å²) in [6, 6.07) is 0. The van der Waals surface area contributed by atoms with Gasteiger partial charge < -0.3 is 30.9 Å². The van der Waals surface area contributed by atoms with Crippen LogP contribution in [0.1, 0.15) is 6.42 Å². The molecule has 0 radical (unpaired) electrons. The smallest absolute Gasteiger partial charge is 0.161 e. The highest BCUT2D eigenvalue weighted by Crippen LogP contribution is 2.36. The molecule has 0 saturated carbocycles. The molecule has 18 heavy (non-hydrogen) atoms. The number of nitrogens with one attached hydrogen (secondary N) is 1. The number of anilines is 3. The zero-order chi connectivity index (χ0) is 12.7. The molecular formula is C10H15N5O3. The first-order chi connectivity index (χ1) is 8.70. The van der Waals surface area contributed by atoms with Crippen LogP contribution in [0.15, 0.2) is 6.33 Å². The monoisotopic (exact) mass is 253 g/mol. The van der Waals surface area contributed by atoms with Crippen molar-refractivity contribution in [2.45, 2.75) is 24.9 Å². The summed E-state index contributed by atoms with van der Waals surface area (Å²) >= 11 is 0. The first kappa shape index (κ1) is 11.5. The van der Waals surface area contributed by atoms with Gasteiger partial charge in [-0.2, -0.15) is 0 Å². The number of ether oxygens (including phenoxy) is 1. The van der Waals surface area contributed by atoms with Crippen molar-refractivity contribution in [2.24, 2.45) is 0 Å². The third kappa shape index (κ3) is 1.65. The molecule has 0 aliphatic carbocycles. The number of fused-ring (bicyclic) bond motifs is 1. The zero-order valence-corrected chi connectivity index (χ0v) is 9.65. The standard InChI is InChI=1S/C10H15N5O3/c11-9-8-10(13-3-12-9)15(4-14-8)7-1-5(17)6(2-16)18-7/h3,5-7,14,16-17H,1-2,4H2,(H2,11,12,13)/t5-,6+,7?/m0/s1. The van der Waals surface area contributed by atoms with Crippen LogP contribution in [0.5, 0.6) is 0 Å². The van der Waals surface area contributed by atoms with E-state index in [4.69, 9.17) is 15.6 Å². The molecule has 0 amide bonds. The second kappa shape index (κ2) is 4.23. The van der Waals surface area contributed by atoms with E-state index in [1.54, 1.807) is 0 Å². The highest BCUT2D eigenvalue weighted by molar-refractivity contribution is 5.79. The van der Waals surface area contributed by atoms with Gasteiger partial charge in [0.15, 0.2) is 11.6 Å². The van der Waals surface area contributed by atoms with Crippen molar-refractivity contribution in [1.82, 2.24) is 9.97 Å². The maximum Gasteiger partial charge on any atom is 0.161 e. The summed E-state index contributed by atoms with van der Waals surface area (Å²) < 4.78 is 5.59. The summed E-state index contributed by atoms with van der Waals surface area (Å²) in [5.41, 5.74) is 6.43. The van der Waals surface area contributed by atoms with Crippen LogP contribution in [-0.4, -0.2) is 51.9 Å². The minimum absolute atomic E-state index is 0.197. The van der Waals surface area contributed by atoms with Crippen LogP contribution >= 0.6 is 0 Å². The summed E-state index contributed by atoms with van der Waals surface area (Å²) in [5, 5.41) is 21.9. The van der Waals surface area contributed by atoms with Crippen molar-refractivity contribution < 1.29 is 14.9 Å². The molecule has 0 bridgehead atoms. The third-order valence-electron chi connectivity index (χ3n) is 3.29. The van der Waals surface area contributed by atoms with Gasteiger partial charge in [-0.05, 0) is 0 Å². The Morgan fingerprint density at radius 3 is 3.11 bits per heavy atom. The van der Waals surface area contributed by atoms with Gasteiger partial charge in [0.2, 0.25) is 0 Å². The molecule has 98 valence electrons. The number of nitrogens with zero attached hydrogens (tertiary/aromatic N) is 3. The van der Waals surface area contributed by atoms with Crippen molar-refractivity contribution in [3.05, 3.63) is 6.33 Å². The molecule has 3 rings (SSSR count). The van der Waals surface area contributed by atoms with E-state index in [0.29, 0.717) is 30.4 Å². The van der Waals surface area contributed by atoms with Crippen LogP contribution in [0.2, 0.25) is 0 Å². The van der Waals surface area contributed by atoms with E-state index in [0.717, 1.165) is 0 Å². The Hall–Kier alpha value is -1.64. The van der Waals surface area contributed by atoms with Gasteiger partial charge >= 0.3 is 0 Å². The van der Waals surface area contributed by atoms with Gasteiger partial charge in [0.1, 0.15) is 24.3 Å². The summed E-state index contributed by atoms with van der Waals surface area (Å²) in [6.07, 6.45) is 0.293. The lowest BCUT2D eigenvalue weighted by atomic mass is 10.2. The fraction of sp³-hybridized carbons (Fsp3) is 0.600. The molecule has 3 heterocycles. The lowest BCUT2D eigenvalue weighted by molar-refractivity contribution is -0.0218. The third-order valence-corrected chi connectivity index (χ3v) is 3.29. The minimum atomic E-state index is -0.664. The maximum absolute atomic E-state index is 9.73. The number of aromatic nitrogens is 2. The Labute approximate surface area is 103 Å². The Balaban J connectivity index is 1.83. The van der Waals surface area contributed by atoms with Crippen molar-refractivity contribution >= 4 is 17.3 Å². The summed E-state index contributed by atoms with van der Waals surface area (Å²) in [7, 11) is 0. The highest BCUT2D eigenvalue weighted by Gasteiger charge is 2.39. The molecule has 1 aromatic heterocycles. The predicted molar refractivity (Wildman–Crippen MR) is 63.8 cm³/mol. The van der Waals surface area contributed by atoms with Gasteiger partial charge in [-0.3, -0.25) is 0 Å². The fourth-order valence-corrected chi connectivity index (χ4v) is 2.33. The van der Waals surface area contributed by atoms with Gasteiger partial charge in [-0.1, -0.05) is 0 Å². The normalized spacial score (nSPS) is 30.3. The number of nitrogen functional groups attached to an aromatic ring is 1. The molecule has 0 spiro atoms. The number of aliphatic hydroxyl groups excluding tert-OH is 2. The summed E-state index contributed by atoms with van der Waals surface area (Å²) in [4.78, 5) is 9.94. The number of hydrogen-bond donors (Lipinski definition) is 4. The number of rotatable bonds is 2. The van der Waals surface area contributed by atoms with Crippen LogP contribution in [0.25, 0.3) is 0 Å². The van der Waals surface area contributed by atoms with Gasteiger partial charge in [0, 0.05) is 6.42 Å². The molecule has 0 aromatic carbocycles. The Morgan fingerprint density at radius 1 is 1.56 bits per heavy atom. The lowest BCUT2D eigenvalue weighted by Gasteiger charge is -2.24. The van der Waals surface area contributed by atoms with Crippen molar-refractivity contribution in [1.29, 1.82) is 0 Å². The summed E-state index contributed by atoms with van der Waals surface area (Å²) in [6.45, 7) is 0.297. The van der Waals surface area contributed by atoms with Gasteiger partial charge in [0.25, 0.3) is 0 Å². The lowest BCUT2D eigenvalue weighted by Crippen LogP contribution is -2.35. The molecule has 1 unspecified atom stereocenters. The molecule has 1 fully saturated rings. The average Bonchev–Trinajstić information content (AvgIpc) is 2.93. The molecule has 3 atom stereocenters. The van der Waals surface area contributed by atoms with Crippen molar-refractivity contribution in [3.63, 3.8) is 0 Å². The van der Waals surface area contributed by atoms with Crippen LogP contribution in [0.3, 0.4) is 0 Å². The molecular weight excluding hydrogens is 238 g/mol. The van der Waals surface area contributed by atoms with E-state index in [-0.39, 0.29) is 12.8 Å². The quantitative estimate of drug-likeness (QED) is 0.514. The second-order valence-corrected chi connectivity index (χ2v) is 4.38. The zero-order valence-electron chi connectivity index (χ0n) is 9.65. The molecule has 1 saturated heterocycles. The first-order valence-corrected chi connectivity index (χ1v) is 5.76. The van der Waals surface area contributed by atoms with Gasteiger partial charge in [-0.25, -0.2) is 9.97 Å². The first-order valence-electron chi connectivity index (χ1n) is 5.76. The minimum Gasteiger partial charge on any atom is -0.394 e. The van der Waals surface area contributed by atoms with Crippen LogP contribution in [0.4, 0.5) is 17.3 Å². The Morgan fingerprint density at radius 2 is 2.39 bits per heavy atom. The number of nitrogens with two attached hydrogens (primary N) is 1. The van der Waals surface area contributed by atoms with E-state index < -0.39 is 12.2 Å². The van der Waals surface area contributed by atoms with E-state index >= 15 is 0 Å². The van der Waals surface area contributed by atoms with Crippen LogP contribution < -0.4 is 16.0 Å². The van der Waals surface area contributed by atoms with Crippen LogP contribution in [-0.2, 0) is 4.74 Å². The molecule has 1 aromatic rings. The van der Waals surface area contributed by atoms with Gasteiger partial charge in [0.05, 0.1) is 19.4 Å². The maximum atomic E-state index is 9.73. The largest absolute Gasteiger partial charge is 0.394 e. The number of aliphatic hydroxyl groups is 2. The van der Waals surface area contributed by atoms with Crippen LogP contribution in [0, 0.1) is 0 Å². The van der Waals surface area contributed by atoms with E-state index in [2.05, 4.69) is 15.3 Å². The molecule has 8 heteroatoms. The molecule has 2 aliphatic rings. The fourth-order valence-electron chi connectivity index (χ4n) is 2.33. The van der Waals surface area contributed by atoms with Crippen molar-refractivity contribution in [2.75, 3.05) is 29.2 Å². The average molecular weight is 253 g/mol. The Bertz CT molecular complexity index is 457. The van der Waals surface area contributed by atoms with E-state index in [1.165, 1.54) is 6.33 Å². The SMILES string of the molecule is Nc1ncnc2c1NCN2C1C[C@H](O)[C@@H](CO)O1. The molecule has 2 aliphatic heterocycles. The number of hydrogen-bond acceptors (Lipinski definition) is 8. The van der Waals surface area contributed by atoms with E-state index in [9.17, 15) is 5.11 Å². The van der Waals surface area contributed by atoms with Crippen molar-refractivity contribution in [3.8, 4) is 0 Å². The highest BCUT2D eigenvalue weighted by atomic mass is 16.5. The predicted octanol–water partition coefficient (Wildman–Crippen LogP) is -1.28. The van der Waals surface area contributed by atoms with E-state index in [1.807, 2.05) is 4.90 Å². The molecule has 5 N–H and O–H groups in total.